The Labute approximate surface area is 115 Å². The molecular weight excluding hydrogens is 262 g/mol. The lowest BCUT2D eigenvalue weighted by molar-refractivity contribution is -0.135. The Hall–Kier alpha value is -1.50. The van der Waals surface area contributed by atoms with Crippen molar-refractivity contribution < 1.29 is 4.79 Å². The summed E-state index contributed by atoms with van der Waals surface area (Å²) in [5.74, 6) is 0.797. The highest BCUT2D eigenvalue weighted by atomic mass is 32.1. The zero-order chi connectivity index (χ0) is 13.4. The molecule has 0 N–H and O–H groups in total. The highest BCUT2D eigenvalue weighted by Crippen LogP contribution is 2.31. The van der Waals surface area contributed by atoms with Gasteiger partial charge in [-0.05, 0) is 12.8 Å². The highest BCUT2D eigenvalue weighted by molar-refractivity contribution is 7.16. The predicted octanol–water partition coefficient (Wildman–Crippen LogP) is 1.55. The molecule has 1 amide bonds. The first-order valence-electron chi connectivity index (χ1n) is 6.60. The van der Waals surface area contributed by atoms with E-state index in [0.717, 1.165) is 35.9 Å². The summed E-state index contributed by atoms with van der Waals surface area (Å²) in [7, 11) is 0. The number of hydrogen-bond acceptors (Lipinski definition) is 5. The quantitative estimate of drug-likeness (QED) is 0.836. The molecule has 2 aromatic heterocycles. The molecular formula is C12H17N5OS. The third-order valence-corrected chi connectivity index (χ3v) is 4.63. The summed E-state index contributed by atoms with van der Waals surface area (Å²) in [6.07, 6.45) is 3.61. The van der Waals surface area contributed by atoms with E-state index in [1.165, 1.54) is 0 Å². The van der Waals surface area contributed by atoms with Gasteiger partial charge in [0.05, 0.1) is 0 Å². The SMILES string of the molecule is CC(C)C(=O)N1CCC(c2nn3cnnc3s2)CC1. The first-order chi connectivity index (χ1) is 9.15. The van der Waals surface area contributed by atoms with Crippen molar-refractivity contribution in [2.24, 2.45) is 5.92 Å². The number of rotatable bonds is 2. The molecule has 2 aromatic rings. The molecule has 6 nitrogen and oxygen atoms in total. The van der Waals surface area contributed by atoms with Crippen LogP contribution in [0.1, 0.15) is 37.6 Å². The normalized spacial score (nSPS) is 17.5. The van der Waals surface area contributed by atoms with Crippen molar-refractivity contribution in [1.29, 1.82) is 0 Å². The third-order valence-electron chi connectivity index (χ3n) is 3.55. The molecule has 0 aromatic carbocycles. The molecule has 0 spiro atoms. The number of nitrogens with zero attached hydrogens (tertiary/aromatic N) is 5. The van der Waals surface area contributed by atoms with Gasteiger partial charge in [0.15, 0.2) is 0 Å². The second-order valence-corrected chi connectivity index (χ2v) is 6.24. The lowest BCUT2D eigenvalue weighted by Crippen LogP contribution is -2.40. The summed E-state index contributed by atoms with van der Waals surface area (Å²) in [6, 6.07) is 0. The Bertz CT molecular complexity index is 553. The van der Waals surface area contributed by atoms with Crippen LogP contribution in [0.2, 0.25) is 0 Å². The van der Waals surface area contributed by atoms with Gasteiger partial charge in [0.25, 0.3) is 0 Å². The van der Waals surface area contributed by atoms with Crippen LogP contribution in [0.25, 0.3) is 4.96 Å². The van der Waals surface area contributed by atoms with Crippen LogP contribution in [-0.2, 0) is 4.79 Å². The Morgan fingerprint density at radius 2 is 2.16 bits per heavy atom. The van der Waals surface area contributed by atoms with E-state index in [-0.39, 0.29) is 11.8 Å². The molecule has 1 aliphatic heterocycles. The first kappa shape index (κ1) is 12.5. The van der Waals surface area contributed by atoms with Gasteiger partial charge in [-0.3, -0.25) is 4.79 Å². The van der Waals surface area contributed by atoms with Crippen molar-refractivity contribution in [3.63, 3.8) is 0 Å². The fourth-order valence-corrected chi connectivity index (χ4v) is 3.44. The Morgan fingerprint density at radius 3 is 2.79 bits per heavy atom. The van der Waals surface area contributed by atoms with Crippen molar-refractivity contribution in [3.8, 4) is 0 Å². The number of carbonyl (C=O) groups excluding carboxylic acids is 1. The van der Waals surface area contributed by atoms with E-state index in [0.29, 0.717) is 5.92 Å². The van der Waals surface area contributed by atoms with Crippen LogP contribution in [0.3, 0.4) is 0 Å². The molecule has 102 valence electrons. The molecule has 7 heteroatoms. The second kappa shape index (κ2) is 4.88. The number of carbonyl (C=O) groups is 1. The van der Waals surface area contributed by atoms with E-state index in [1.807, 2.05) is 18.7 Å². The van der Waals surface area contributed by atoms with Crippen LogP contribution in [0.15, 0.2) is 6.33 Å². The van der Waals surface area contributed by atoms with Crippen molar-refractivity contribution in [3.05, 3.63) is 11.3 Å². The molecule has 3 rings (SSSR count). The van der Waals surface area contributed by atoms with Crippen molar-refractivity contribution in [1.82, 2.24) is 24.7 Å². The van der Waals surface area contributed by atoms with Crippen LogP contribution in [0, 0.1) is 5.92 Å². The van der Waals surface area contributed by atoms with Crippen molar-refractivity contribution >= 4 is 22.2 Å². The minimum Gasteiger partial charge on any atom is -0.342 e. The summed E-state index contributed by atoms with van der Waals surface area (Å²) in [5, 5.41) is 13.4. The largest absolute Gasteiger partial charge is 0.342 e. The predicted molar refractivity (Wildman–Crippen MR) is 72.1 cm³/mol. The maximum Gasteiger partial charge on any atom is 0.234 e. The van der Waals surface area contributed by atoms with Crippen LogP contribution in [0.4, 0.5) is 0 Å². The number of hydrogen-bond donors (Lipinski definition) is 0. The lowest BCUT2D eigenvalue weighted by atomic mass is 9.97. The average Bonchev–Trinajstić information content (AvgIpc) is 2.98. The van der Waals surface area contributed by atoms with E-state index in [4.69, 9.17) is 0 Å². The first-order valence-corrected chi connectivity index (χ1v) is 7.42. The van der Waals surface area contributed by atoms with E-state index >= 15 is 0 Å². The summed E-state index contributed by atoms with van der Waals surface area (Å²) in [6.45, 7) is 5.58. The van der Waals surface area contributed by atoms with E-state index in [9.17, 15) is 4.79 Å². The van der Waals surface area contributed by atoms with Crippen LogP contribution >= 0.6 is 11.3 Å². The Balaban J connectivity index is 1.67. The van der Waals surface area contributed by atoms with Crippen LogP contribution in [0.5, 0.6) is 0 Å². The number of likely N-dealkylation sites (tertiary alicyclic amines) is 1. The highest BCUT2D eigenvalue weighted by Gasteiger charge is 2.27. The molecule has 0 atom stereocenters. The molecule has 1 saturated heterocycles. The van der Waals surface area contributed by atoms with E-state index in [1.54, 1.807) is 22.2 Å². The second-order valence-electron chi connectivity index (χ2n) is 5.25. The summed E-state index contributed by atoms with van der Waals surface area (Å²) in [4.78, 5) is 14.7. The van der Waals surface area contributed by atoms with Gasteiger partial charge in [-0.25, -0.2) is 0 Å². The number of fused-ring (bicyclic) bond motifs is 1. The van der Waals surface area contributed by atoms with Gasteiger partial charge < -0.3 is 4.90 Å². The van der Waals surface area contributed by atoms with Gasteiger partial charge in [0, 0.05) is 24.9 Å². The molecule has 0 saturated carbocycles. The zero-order valence-electron chi connectivity index (χ0n) is 11.1. The van der Waals surface area contributed by atoms with Crippen molar-refractivity contribution in [2.45, 2.75) is 32.6 Å². The summed E-state index contributed by atoms with van der Waals surface area (Å²) < 4.78 is 1.73. The third kappa shape index (κ3) is 2.34. The zero-order valence-corrected chi connectivity index (χ0v) is 11.9. The average molecular weight is 279 g/mol. The maximum absolute atomic E-state index is 11.9. The molecule has 1 fully saturated rings. The molecule has 3 heterocycles. The van der Waals surface area contributed by atoms with Crippen LogP contribution < -0.4 is 0 Å². The van der Waals surface area contributed by atoms with Gasteiger partial charge >= 0.3 is 0 Å². The van der Waals surface area contributed by atoms with Gasteiger partial charge in [0.1, 0.15) is 11.3 Å². The summed E-state index contributed by atoms with van der Waals surface area (Å²) >= 11 is 1.60. The number of amides is 1. The van der Waals surface area contributed by atoms with Crippen molar-refractivity contribution in [2.75, 3.05) is 13.1 Å². The molecule has 1 aliphatic rings. The van der Waals surface area contributed by atoms with Gasteiger partial charge in [-0.2, -0.15) is 9.61 Å². The molecule has 0 unspecified atom stereocenters. The van der Waals surface area contributed by atoms with Crippen LogP contribution in [-0.4, -0.2) is 43.7 Å². The van der Waals surface area contributed by atoms with E-state index < -0.39 is 0 Å². The minimum atomic E-state index is 0.0887. The fourth-order valence-electron chi connectivity index (χ4n) is 2.45. The molecule has 0 radical (unpaired) electrons. The van der Waals surface area contributed by atoms with Gasteiger partial charge in [-0.15, -0.1) is 10.2 Å². The molecule has 0 bridgehead atoms. The maximum atomic E-state index is 11.9. The minimum absolute atomic E-state index is 0.0887. The van der Waals surface area contributed by atoms with Gasteiger partial charge in [-0.1, -0.05) is 25.2 Å². The van der Waals surface area contributed by atoms with Gasteiger partial charge in [0.2, 0.25) is 10.9 Å². The fraction of sp³-hybridized carbons (Fsp3) is 0.667. The Kier molecular flexibility index (Phi) is 3.22. The number of piperidine rings is 1. The molecule has 0 aliphatic carbocycles. The lowest BCUT2D eigenvalue weighted by Gasteiger charge is -2.32. The van der Waals surface area contributed by atoms with E-state index in [2.05, 4.69) is 15.3 Å². The topological polar surface area (TPSA) is 63.4 Å². The molecule has 19 heavy (non-hydrogen) atoms. The number of aromatic nitrogens is 4. The standard InChI is InChI=1S/C12H17N5OS/c1-8(2)11(18)16-5-3-9(4-6-16)10-15-17-7-13-14-12(17)19-10/h7-9H,3-6H2,1-2H3. The monoisotopic (exact) mass is 279 g/mol. The summed E-state index contributed by atoms with van der Waals surface area (Å²) in [5.41, 5.74) is 0. The Morgan fingerprint density at radius 1 is 1.42 bits per heavy atom. The smallest absolute Gasteiger partial charge is 0.234 e.